The molecular weight excluding hydrogens is 240 g/mol. The highest BCUT2D eigenvalue weighted by Crippen LogP contribution is 2.32. The largest absolute Gasteiger partial charge is 0.381 e. The number of aryl methyl sites for hydroxylation is 1. The summed E-state index contributed by atoms with van der Waals surface area (Å²) in [6, 6.07) is 8.78. The maximum absolute atomic E-state index is 9.13. The molecule has 2 unspecified atom stereocenters. The molecule has 1 aromatic carbocycles. The first kappa shape index (κ1) is 13.3. The van der Waals surface area contributed by atoms with Gasteiger partial charge in [-0.1, -0.05) is 13.0 Å². The molecule has 0 amide bonds. The first-order chi connectivity index (χ1) is 8.72. The highest BCUT2D eigenvalue weighted by Gasteiger charge is 2.24. The highest BCUT2D eigenvalue weighted by molar-refractivity contribution is 7.99. The molecule has 18 heavy (non-hydrogen) atoms. The Bertz CT molecular complexity index is 450. The zero-order chi connectivity index (χ0) is 13.0. The lowest BCUT2D eigenvalue weighted by molar-refractivity contribution is 0.756. The average Bonchev–Trinajstić information content (AvgIpc) is 2.77. The summed E-state index contributed by atoms with van der Waals surface area (Å²) >= 11 is 2.06. The van der Waals surface area contributed by atoms with E-state index < -0.39 is 0 Å². The van der Waals surface area contributed by atoms with Gasteiger partial charge in [-0.05, 0) is 49.6 Å². The van der Waals surface area contributed by atoms with E-state index >= 15 is 0 Å². The molecule has 1 aliphatic carbocycles. The van der Waals surface area contributed by atoms with Crippen LogP contribution in [-0.2, 0) is 0 Å². The van der Waals surface area contributed by atoms with E-state index in [9.17, 15) is 0 Å². The van der Waals surface area contributed by atoms with E-state index in [1.54, 1.807) is 0 Å². The Morgan fingerprint density at radius 1 is 1.44 bits per heavy atom. The normalized spacial score (nSPS) is 22.7. The number of hydrogen-bond acceptors (Lipinski definition) is 3. The monoisotopic (exact) mass is 260 g/mol. The van der Waals surface area contributed by atoms with Gasteiger partial charge in [-0.25, -0.2) is 0 Å². The molecule has 1 N–H and O–H groups in total. The first-order valence-corrected chi connectivity index (χ1v) is 7.66. The Hall–Kier alpha value is -1.14. The quantitative estimate of drug-likeness (QED) is 0.890. The van der Waals surface area contributed by atoms with Crippen LogP contribution in [0.3, 0.4) is 0 Å². The van der Waals surface area contributed by atoms with Gasteiger partial charge in [0.15, 0.2) is 0 Å². The topological polar surface area (TPSA) is 35.8 Å². The van der Waals surface area contributed by atoms with Crippen LogP contribution in [0.25, 0.3) is 0 Å². The van der Waals surface area contributed by atoms with Crippen molar-refractivity contribution >= 4 is 17.4 Å². The molecule has 1 aliphatic rings. The van der Waals surface area contributed by atoms with Crippen LogP contribution in [0.1, 0.15) is 37.3 Å². The Balaban J connectivity index is 2.02. The van der Waals surface area contributed by atoms with Crippen LogP contribution in [-0.4, -0.2) is 17.0 Å². The second kappa shape index (κ2) is 6.15. The predicted molar refractivity (Wildman–Crippen MR) is 79.1 cm³/mol. The number of nitrogens with one attached hydrogen (secondary N) is 1. The second-order valence-corrected chi connectivity index (χ2v) is 6.47. The summed E-state index contributed by atoms with van der Waals surface area (Å²) < 4.78 is 0. The number of thioether (sulfide) groups is 1. The molecule has 1 fully saturated rings. The van der Waals surface area contributed by atoms with Crippen molar-refractivity contribution in [3.05, 3.63) is 29.3 Å². The molecule has 0 aromatic heterocycles. The zero-order valence-corrected chi connectivity index (χ0v) is 11.9. The number of nitrogens with zero attached hydrogens (tertiary/aromatic N) is 1. The summed E-state index contributed by atoms with van der Waals surface area (Å²) in [6.45, 7) is 4.29. The smallest absolute Gasteiger partial charge is 0.101 e. The van der Waals surface area contributed by atoms with Crippen LogP contribution in [0.2, 0.25) is 0 Å². The van der Waals surface area contributed by atoms with Crippen molar-refractivity contribution in [2.45, 2.75) is 44.4 Å². The van der Waals surface area contributed by atoms with Gasteiger partial charge in [0.05, 0.1) is 11.3 Å². The molecule has 0 aliphatic heterocycles. The molecule has 2 atom stereocenters. The predicted octanol–water partition coefficient (Wildman–Crippen LogP) is 3.95. The van der Waals surface area contributed by atoms with Crippen LogP contribution < -0.4 is 5.32 Å². The summed E-state index contributed by atoms with van der Waals surface area (Å²) in [7, 11) is 0. The molecule has 0 bridgehead atoms. The third kappa shape index (κ3) is 3.20. The summed E-state index contributed by atoms with van der Waals surface area (Å²) in [5.74, 6) is 1.20. The highest BCUT2D eigenvalue weighted by atomic mass is 32.2. The lowest BCUT2D eigenvalue weighted by atomic mass is 10.1. The SMILES string of the molecule is CCSC1CCC(Nc2cc(C)ccc2C#N)C1. The Labute approximate surface area is 114 Å². The standard InChI is InChI=1S/C15H20N2S/c1-3-18-14-7-6-13(9-14)17-15-8-11(2)4-5-12(15)10-16/h4-5,8,13-14,17H,3,6-7,9H2,1-2H3. The Morgan fingerprint density at radius 3 is 3.00 bits per heavy atom. The lowest BCUT2D eigenvalue weighted by Gasteiger charge is -2.16. The van der Waals surface area contributed by atoms with Gasteiger partial charge in [0, 0.05) is 11.3 Å². The minimum absolute atomic E-state index is 0.531. The third-order valence-corrected chi connectivity index (χ3v) is 4.67. The third-order valence-electron chi connectivity index (χ3n) is 3.44. The lowest BCUT2D eigenvalue weighted by Crippen LogP contribution is -2.16. The van der Waals surface area contributed by atoms with Crippen molar-refractivity contribution in [2.75, 3.05) is 11.1 Å². The summed E-state index contributed by atoms with van der Waals surface area (Å²) in [5.41, 5.74) is 2.96. The van der Waals surface area contributed by atoms with Gasteiger partial charge >= 0.3 is 0 Å². The number of benzene rings is 1. The van der Waals surface area contributed by atoms with E-state index in [2.05, 4.69) is 43.1 Å². The van der Waals surface area contributed by atoms with Crippen LogP contribution in [0, 0.1) is 18.3 Å². The fraction of sp³-hybridized carbons (Fsp3) is 0.533. The first-order valence-electron chi connectivity index (χ1n) is 6.61. The van der Waals surface area contributed by atoms with Crippen molar-refractivity contribution in [1.82, 2.24) is 0 Å². The van der Waals surface area contributed by atoms with Crippen LogP contribution in [0.4, 0.5) is 5.69 Å². The molecule has 2 rings (SSSR count). The summed E-state index contributed by atoms with van der Waals surface area (Å²) in [6.07, 6.45) is 3.73. The molecular formula is C15H20N2S. The van der Waals surface area contributed by atoms with Crippen molar-refractivity contribution in [3.8, 4) is 6.07 Å². The van der Waals surface area contributed by atoms with Crippen LogP contribution in [0.15, 0.2) is 18.2 Å². The van der Waals surface area contributed by atoms with Gasteiger partial charge in [0.1, 0.15) is 6.07 Å². The fourth-order valence-corrected chi connectivity index (χ4v) is 3.70. The van der Waals surface area contributed by atoms with Gasteiger partial charge in [0.2, 0.25) is 0 Å². The Morgan fingerprint density at radius 2 is 2.28 bits per heavy atom. The van der Waals surface area contributed by atoms with Crippen molar-refractivity contribution in [3.63, 3.8) is 0 Å². The van der Waals surface area contributed by atoms with Gasteiger partial charge in [-0.3, -0.25) is 0 Å². The van der Waals surface area contributed by atoms with E-state index in [4.69, 9.17) is 5.26 Å². The molecule has 96 valence electrons. The number of nitriles is 1. The van der Waals surface area contributed by atoms with Crippen molar-refractivity contribution < 1.29 is 0 Å². The van der Waals surface area contributed by atoms with Gasteiger partial charge < -0.3 is 5.32 Å². The fourth-order valence-electron chi connectivity index (χ4n) is 2.55. The van der Waals surface area contributed by atoms with Gasteiger partial charge in [-0.15, -0.1) is 0 Å². The molecule has 1 aromatic rings. The molecule has 0 spiro atoms. The minimum atomic E-state index is 0.531. The number of hydrogen-bond donors (Lipinski definition) is 1. The zero-order valence-electron chi connectivity index (χ0n) is 11.1. The van der Waals surface area contributed by atoms with Crippen LogP contribution >= 0.6 is 11.8 Å². The van der Waals surface area contributed by atoms with Crippen molar-refractivity contribution in [2.24, 2.45) is 0 Å². The van der Waals surface area contributed by atoms with E-state index in [-0.39, 0.29) is 0 Å². The molecule has 3 heteroatoms. The van der Waals surface area contributed by atoms with E-state index in [1.165, 1.54) is 30.6 Å². The average molecular weight is 260 g/mol. The minimum Gasteiger partial charge on any atom is -0.381 e. The number of rotatable bonds is 4. The molecule has 0 radical (unpaired) electrons. The molecule has 2 nitrogen and oxygen atoms in total. The second-order valence-electron chi connectivity index (χ2n) is 4.89. The van der Waals surface area contributed by atoms with Crippen LogP contribution in [0.5, 0.6) is 0 Å². The number of anilines is 1. The van der Waals surface area contributed by atoms with E-state index in [0.29, 0.717) is 6.04 Å². The van der Waals surface area contributed by atoms with E-state index in [0.717, 1.165) is 16.5 Å². The molecule has 0 saturated heterocycles. The van der Waals surface area contributed by atoms with Crippen molar-refractivity contribution in [1.29, 1.82) is 5.26 Å². The van der Waals surface area contributed by atoms with Gasteiger partial charge in [0.25, 0.3) is 0 Å². The van der Waals surface area contributed by atoms with Gasteiger partial charge in [-0.2, -0.15) is 17.0 Å². The summed E-state index contributed by atoms with van der Waals surface area (Å²) in [4.78, 5) is 0. The summed E-state index contributed by atoms with van der Waals surface area (Å²) in [5, 5.41) is 13.5. The van der Waals surface area contributed by atoms with E-state index in [1.807, 2.05) is 12.1 Å². The maximum atomic E-state index is 9.13. The Kier molecular flexibility index (Phi) is 4.54. The maximum Gasteiger partial charge on any atom is 0.101 e. The molecule has 0 heterocycles. The molecule has 1 saturated carbocycles.